The number of β-amino-alcohol motifs (C(OH)–C–C–N with tert-alkyl or cyclic N) is 1. The van der Waals surface area contributed by atoms with E-state index in [9.17, 15) is 5.11 Å². The van der Waals surface area contributed by atoms with Crippen LogP contribution in [0.5, 0.6) is 5.75 Å². The van der Waals surface area contributed by atoms with Crippen molar-refractivity contribution in [2.45, 2.75) is 45.3 Å². The first kappa shape index (κ1) is 16.3. The highest BCUT2D eigenvalue weighted by molar-refractivity contribution is 5.32. The zero-order valence-electron chi connectivity index (χ0n) is 13.3. The summed E-state index contributed by atoms with van der Waals surface area (Å²) in [6.07, 6.45) is 1.46. The average molecular weight is 293 g/mol. The van der Waals surface area contributed by atoms with Crippen molar-refractivity contribution in [1.82, 2.24) is 5.32 Å². The van der Waals surface area contributed by atoms with Crippen LogP contribution >= 0.6 is 0 Å². The smallest absolute Gasteiger partial charge is 0.119 e. The molecule has 0 spiro atoms. The molecule has 0 aromatic heterocycles. The molecule has 118 valence electrons. The van der Waals surface area contributed by atoms with Gasteiger partial charge in [0.25, 0.3) is 0 Å². The fourth-order valence-electron chi connectivity index (χ4n) is 2.63. The maximum absolute atomic E-state index is 10.1. The Morgan fingerprint density at radius 3 is 2.48 bits per heavy atom. The van der Waals surface area contributed by atoms with Crippen LogP contribution < -0.4 is 10.1 Å². The summed E-state index contributed by atoms with van der Waals surface area (Å²) < 4.78 is 11.1. The second-order valence-electron chi connectivity index (χ2n) is 6.34. The first-order valence-corrected chi connectivity index (χ1v) is 7.69. The summed E-state index contributed by atoms with van der Waals surface area (Å²) in [7, 11) is 0. The Labute approximate surface area is 127 Å². The molecule has 0 aliphatic carbocycles. The standard InChI is InChI=1S/C17H27NO3/c1-13-8-14(2)10-16(9-13)21-12-15(19)11-18-17(3)4-6-20-7-5-17/h8-10,15,18-19H,4-7,11-12H2,1-3H3. The van der Waals surface area contributed by atoms with Gasteiger partial charge in [0.2, 0.25) is 0 Å². The predicted molar refractivity (Wildman–Crippen MR) is 83.9 cm³/mol. The van der Waals surface area contributed by atoms with Gasteiger partial charge in [-0.1, -0.05) is 6.07 Å². The van der Waals surface area contributed by atoms with E-state index >= 15 is 0 Å². The third-order valence-corrected chi connectivity index (χ3v) is 4.00. The van der Waals surface area contributed by atoms with Gasteiger partial charge >= 0.3 is 0 Å². The summed E-state index contributed by atoms with van der Waals surface area (Å²) in [5.41, 5.74) is 2.42. The fourth-order valence-corrected chi connectivity index (χ4v) is 2.63. The van der Waals surface area contributed by atoms with Crippen molar-refractivity contribution in [3.8, 4) is 5.75 Å². The van der Waals surface area contributed by atoms with Crippen molar-refractivity contribution in [2.24, 2.45) is 0 Å². The Hall–Kier alpha value is -1.10. The van der Waals surface area contributed by atoms with Crippen LogP contribution in [0.1, 0.15) is 30.9 Å². The number of hydrogen-bond donors (Lipinski definition) is 2. The summed E-state index contributed by atoms with van der Waals surface area (Å²) >= 11 is 0. The van der Waals surface area contributed by atoms with E-state index in [4.69, 9.17) is 9.47 Å². The molecule has 21 heavy (non-hydrogen) atoms. The molecule has 1 fully saturated rings. The molecular formula is C17H27NO3. The molecule has 1 aliphatic rings. The summed E-state index contributed by atoms with van der Waals surface area (Å²) in [4.78, 5) is 0. The van der Waals surface area contributed by atoms with Crippen LogP contribution in [0.4, 0.5) is 0 Å². The number of aliphatic hydroxyl groups is 1. The maximum atomic E-state index is 10.1. The molecule has 4 nitrogen and oxygen atoms in total. The van der Waals surface area contributed by atoms with Gasteiger partial charge < -0.3 is 19.9 Å². The van der Waals surface area contributed by atoms with Crippen molar-refractivity contribution in [2.75, 3.05) is 26.4 Å². The van der Waals surface area contributed by atoms with E-state index in [0.717, 1.165) is 31.8 Å². The van der Waals surface area contributed by atoms with Crippen LogP contribution in [-0.2, 0) is 4.74 Å². The normalized spacial score (nSPS) is 19.2. The van der Waals surface area contributed by atoms with Crippen LogP contribution in [0.2, 0.25) is 0 Å². The molecular weight excluding hydrogens is 266 g/mol. The van der Waals surface area contributed by atoms with Gasteiger partial charge in [0, 0.05) is 25.3 Å². The average Bonchev–Trinajstić information content (AvgIpc) is 2.43. The molecule has 0 radical (unpaired) electrons. The van der Waals surface area contributed by atoms with Crippen LogP contribution in [-0.4, -0.2) is 43.1 Å². The minimum atomic E-state index is -0.509. The monoisotopic (exact) mass is 293 g/mol. The lowest BCUT2D eigenvalue weighted by Gasteiger charge is -2.35. The van der Waals surface area contributed by atoms with Crippen molar-refractivity contribution in [1.29, 1.82) is 0 Å². The largest absolute Gasteiger partial charge is 0.491 e. The molecule has 1 atom stereocenters. The van der Waals surface area contributed by atoms with Gasteiger partial charge in [0.15, 0.2) is 0 Å². The quantitative estimate of drug-likeness (QED) is 0.844. The Morgan fingerprint density at radius 2 is 1.86 bits per heavy atom. The van der Waals surface area contributed by atoms with E-state index in [1.807, 2.05) is 26.0 Å². The first-order chi connectivity index (χ1) is 9.97. The van der Waals surface area contributed by atoms with E-state index in [0.29, 0.717) is 13.2 Å². The van der Waals surface area contributed by atoms with Crippen molar-refractivity contribution >= 4 is 0 Å². The number of ether oxygens (including phenoxy) is 2. The zero-order valence-corrected chi connectivity index (χ0v) is 13.3. The highest BCUT2D eigenvalue weighted by Crippen LogP contribution is 2.20. The van der Waals surface area contributed by atoms with Crippen molar-refractivity contribution in [3.05, 3.63) is 29.3 Å². The van der Waals surface area contributed by atoms with Crippen LogP contribution in [0, 0.1) is 13.8 Å². The molecule has 4 heteroatoms. The van der Waals surface area contributed by atoms with Crippen LogP contribution in [0.25, 0.3) is 0 Å². The second-order valence-corrected chi connectivity index (χ2v) is 6.34. The first-order valence-electron chi connectivity index (χ1n) is 7.69. The van der Waals surface area contributed by atoms with Gasteiger partial charge in [-0.25, -0.2) is 0 Å². The topological polar surface area (TPSA) is 50.7 Å². The van der Waals surface area contributed by atoms with Crippen LogP contribution in [0.15, 0.2) is 18.2 Å². The van der Waals surface area contributed by atoms with Crippen molar-refractivity contribution < 1.29 is 14.6 Å². The summed E-state index contributed by atoms with van der Waals surface area (Å²) in [5.74, 6) is 0.823. The summed E-state index contributed by atoms with van der Waals surface area (Å²) in [6, 6.07) is 6.09. The number of rotatable bonds is 6. The SMILES string of the molecule is Cc1cc(C)cc(OCC(O)CNC2(C)CCOCC2)c1. The Bertz CT molecular complexity index is 435. The third-order valence-electron chi connectivity index (χ3n) is 4.00. The van der Waals surface area contributed by atoms with Gasteiger partial charge in [-0.05, 0) is 56.9 Å². The van der Waals surface area contributed by atoms with E-state index in [1.165, 1.54) is 11.1 Å². The lowest BCUT2D eigenvalue weighted by Crippen LogP contribution is -2.50. The summed E-state index contributed by atoms with van der Waals surface area (Å²) in [6.45, 7) is 8.71. The molecule has 1 saturated heterocycles. The molecule has 1 heterocycles. The number of hydrogen-bond acceptors (Lipinski definition) is 4. The Balaban J connectivity index is 1.75. The molecule has 0 bridgehead atoms. The zero-order chi connectivity index (χ0) is 15.3. The predicted octanol–water partition coefficient (Wildman–Crippen LogP) is 2.20. The molecule has 1 unspecified atom stereocenters. The summed E-state index contributed by atoms with van der Waals surface area (Å²) in [5, 5.41) is 13.5. The molecule has 0 amide bonds. The minimum absolute atomic E-state index is 0.0686. The molecule has 2 N–H and O–H groups in total. The fraction of sp³-hybridized carbons (Fsp3) is 0.647. The van der Waals surface area contributed by atoms with Crippen LogP contribution in [0.3, 0.4) is 0 Å². The molecule has 1 aliphatic heterocycles. The van der Waals surface area contributed by atoms with E-state index in [-0.39, 0.29) is 5.54 Å². The lowest BCUT2D eigenvalue weighted by atomic mass is 9.92. The van der Waals surface area contributed by atoms with Gasteiger partial charge in [-0.2, -0.15) is 0 Å². The molecule has 1 aromatic carbocycles. The molecule has 0 saturated carbocycles. The number of benzene rings is 1. The second kappa shape index (κ2) is 7.25. The number of aryl methyl sites for hydroxylation is 2. The van der Waals surface area contributed by atoms with Gasteiger partial charge in [0.05, 0.1) is 0 Å². The molecule has 1 aromatic rings. The molecule has 2 rings (SSSR count). The van der Waals surface area contributed by atoms with E-state index < -0.39 is 6.10 Å². The Kier molecular flexibility index (Phi) is 5.62. The van der Waals surface area contributed by atoms with Gasteiger partial charge in [-0.15, -0.1) is 0 Å². The lowest BCUT2D eigenvalue weighted by molar-refractivity contribution is 0.0342. The van der Waals surface area contributed by atoms with Crippen molar-refractivity contribution in [3.63, 3.8) is 0 Å². The highest BCUT2D eigenvalue weighted by Gasteiger charge is 2.27. The highest BCUT2D eigenvalue weighted by atomic mass is 16.5. The van der Waals surface area contributed by atoms with E-state index in [2.05, 4.69) is 18.3 Å². The maximum Gasteiger partial charge on any atom is 0.119 e. The Morgan fingerprint density at radius 1 is 1.24 bits per heavy atom. The minimum Gasteiger partial charge on any atom is -0.491 e. The van der Waals surface area contributed by atoms with E-state index in [1.54, 1.807) is 0 Å². The van der Waals surface area contributed by atoms with Gasteiger partial charge in [0.1, 0.15) is 18.5 Å². The number of nitrogens with one attached hydrogen (secondary N) is 1. The number of aliphatic hydroxyl groups excluding tert-OH is 1. The van der Waals surface area contributed by atoms with Gasteiger partial charge in [-0.3, -0.25) is 0 Å². The third kappa shape index (κ3) is 5.30.